The molecule has 1 amide bonds. The molecule has 1 N–H and O–H groups in total. The van der Waals surface area contributed by atoms with E-state index < -0.39 is 39.8 Å². The molecule has 0 aliphatic heterocycles. The van der Waals surface area contributed by atoms with Gasteiger partial charge in [0.25, 0.3) is 11.6 Å². The van der Waals surface area contributed by atoms with Crippen LogP contribution in [0.1, 0.15) is 22.8 Å². The topological polar surface area (TPSA) is 101 Å². The Balaban J connectivity index is 3.12. The number of carbonyl (C=O) groups is 2. The molecule has 0 aliphatic carbocycles. The Hall–Kier alpha value is -2.51. The summed E-state index contributed by atoms with van der Waals surface area (Å²) < 4.78 is 14.0. The van der Waals surface area contributed by atoms with Crippen LogP contribution in [0.2, 0.25) is 0 Å². The third-order valence-corrected chi connectivity index (χ3v) is 3.00. The number of aliphatic carboxylic acids is 1. The molecule has 1 atom stereocenters. The van der Waals surface area contributed by atoms with Crippen LogP contribution in [0, 0.1) is 28.8 Å². The molecule has 0 bridgehead atoms. The van der Waals surface area contributed by atoms with E-state index in [9.17, 15) is 24.1 Å². The lowest BCUT2D eigenvalue weighted by Crippen LogP contribution is -2.34. The van der Waals surface area contributed by atoms with Gasteiger partial charge in [-0.1, -0.05) is 6.92 Å². The van der Waals surface area contributed by atoms with Gasteiger partial charge in [0.15, 0.2) is 0 Å². The number of non-ortho nitro benzene ring substituents is 1. The monoisotopic (exact) mass is 298 g/mol. The largest absolute Gasteiger partial charge is 0.481 e. The number of carboxylic acid groups (broad SMARTS) is 1. The molecule has 0 fully saturated rings. The molecular weight excluding hydrogens is 283 g/mol. The average molecular weight is 298 g/mol. The fraction of sp³-hybridized carbons (Fsp3) is 0.385. The van der Waals surface area contributed by atoms with Gasteiger partial charge >= 0.3 is 5.97 Å². The van der Waals surface area contributed by atoms with Gasteiger partial charge in [0.1, 0.15) is 5.82 Å². The summed E-state index contributed by atoms with van der Waals surface area (Å²) in [7, 11) is 1.31. The van der Waals surface area contributed by atoms with E-state index in [4.69, 9.17) is 5.11 Å². The normalized spacial score (nSPS) is 11.8. The zero-order valence-electron chi connectivity index (χ0n) is 11.8. The van der Waals surface area contributed by atoms with E-state index in [1.165, 1.54) is 20.9 Å². The van der Waals surface area contributed by atoms with Gasteiger partial charge in [0.2, 0.25) is 0 Å². The molecule has 0 aliphatic rings. The summed E-state index contributed by atoms with van der Waals surface area (Å²) >= 11 is 0. The SMILES string of the molecule is Cc1cc([N+](=O)[O-])cc(C(=O)N(C)CC(C)C(=O)O)c1F. The highest BCUT2D eigenvalue weighted by atomic mass is 19.1. The summed E-state index contributed by atoms with van der Waals surface area (Å²) in [6.07, 6.45) is 0. The number of nitro groups is 1. The van der Waals surface area contributed by atoms with Gasteiger partial charge in [-0.05, 0) is 12.5 Å². The van der Waals surface area contributed by atoms with Crippen molar-refractivity contribution < 1.29 is 24.0 Å². The number of halogens is 1. The van der Waals surface area contributed by atoms with Gasteiger partial charge in [-0.3, -0.25) is 19.7 Å². The third-order valence-electron chi connectivity index (χ3n) is 3.00. The molecule has 1 rings (SSSR count). The van der Waals surface area contributed by atoms with Crippen LogP contribution < -0.4 is 0 Å². The number of hydrogen-bond acceptors (Lipinski definition) is 4. The van der Waals surface area contributed by atoms with Gasteiger partial charge in [0.05, 0.1) is 16.4 Å². The van der Waals surface area contributed by atoms with Gasteiger partial charge in [-0.25, -0.2) is 4.39 Å². The van der Waals surface area contributed by atoms with Crippen molar-refractivity contribution in [1.29, 1.82) is 0 Å². The molecule has 0 heterocycles. The van der Waals surface area contributed by atoms with Gasteiger partial charge in [-0.2, -0.15) is 0 Å². The van der Waals surface area contributed by atoms with E-state index in [2.05, 4.69) is 0 Å². The van der Waals surface area contributed by atoms with Crippen LogP contribution in [-0.4, -0.2) is 40.4 Å². The van der Waals surface area contributed by atoms with Crippen molar-refractivity contribution in [3.63, 3.8) is 0 Å². The Morgan fingerprint density at radius 3 is 2.52 bits per heavy atom. The summed E-state index contributed by atoms with van der Waals surface area (Å²) in [6, 6.07) is 1.89. The number of hydrogen-bond donors (Lipinski definition) is 1. The van der Waals surface area contributed by atoms with Crippen LogP contribution in [0.3, 0.4) is 0 Å². The highest BCUT2D eigenvalue weighted by Crippen LogP contribution is 2.22. The first kappa shape index (κ1) is 16.5. The van der Waals surface area contributed by atoms with Crippen LogP contribution >= 0.6 is 0 Å². The lowest BCUT2D eigenvalue weighted by molar-refractivity contribution is -0.385. The van der Waals surface area contributed by atoms with Crippen molar-refractivity contribution in [3.8, 4) is 0 Å². The zero-order chi connectivity index (χ0) is 16.3. The molecule has 0 spiro atoms. The number of aryl methyl sites for hydroxylation is 1. The summed E-state index contributed by atoms with van der Waals surface area (Å²) in [6.45, 7) is 2.59. The van der Waals surface area contributed by atoms with Crippen molar-refractivity contribution in [1.82, 2.24) is 4.90 Å². The first-order chi connectivity index (χ1) is 9.65. The second kappa shape index (κ2) is 6.29. The van der Waals surface area contributed by atoms with Crippen molar-refractivity contribution in [3.05, 3.63) is 39.2 Å². The van der Waals surface area contributed by atoms with Crippen molar-refractivity contribution >= 4 is 17.6 Å². The number of nitrogens with zero attached hydrogens (tertiary/aromatic N) is 2. The number of rotatable bonds is 5. The van der Waals surface area contributed by atoms with Gasteiger partial charge < -0.3 is 10.0 Å². The standard InChI is InChI=1S/C13H15FN2O5/c1-7-4-9(16(20)21)5-10(11(7)14)12(17)15(3)6-8(2)13(18)19/h4-5,8H,6H2,1-3H3,(H,18,19). The van der Waals surface area contributed by atoms with Crippen LogP contribution in [0.15, 0.2) is 12.1 Å². The third kappa shape index (κ3) is 3.74. The van der Waals surface area contributed by atoms with Crippen molar-refractivity contribution in [2.45, 2.75) is 13.8 Å². The molecule has 0 saturated carbocycles. The molecule has 1 aromatic carbocycles. The Labute approximate surface area is 120 Å². The minimum absolute atomic E-state index is 0.0211. The molecule has 0 radical (unpaired) electrons. The number of nitro benzene ring substituents is 1. The minimum Gasteiger partial charge on any atom is -0.481 e. The van der Waals surface area contributed by atoms with Crippen molar-refractivity contribution in [2.24, 2.45) is 5.92 Å². The van der Waals surface area contributed by atoms with E-state index in [1.807, 2.05) is 0 Å². The minimum atomic E-state index is -1.09. The fourth-order valence-electron chi connectivity index (χ4n) is 1.79. The molecular formula is C13H15FN2O5. The number of benzene rings is 1. The Morgan fingerprint density at radius 1 is 1.48 bits per heavy atom. The molecule has 1 unspecified atom stereocenters. The molecule has 21 heavy (non-hydrogen) atoms. The van der Waals surface area contributed by atoms with Gasteiger partial charge in [-0.15, -0.1) is 0 Å². The summed E-state index contributed by atoms with van der Waals surface area (Å²) in [5, 5.41) is 19.6. The van der Waals surface area contributed by atoms with E-state index in [1.54, 1.807) is 0 Å². The second-order valence-corrected chi connectivity index (χ2v) is 4.81. The maximum Gasteiger partial charge on any atom is 0.308 e. The molecule has 0 saturated heterocycles. The van der Waals surface area contributed by atoms with Crippen LogP contribution in [0.25, 0.3) is 0 Å². The maximum absolute atomic E-state index is 14.0. The predicted molar refractivity (Wildman–Crippen MR) is 71.6 cm³/mol. The highest BCUT2D eigenvalue weighted by Gasteiger charge is 2.24. The first-order valence-electron chi connectivity index (χ1n) is 6.08. The fourth-order valence-corrected chi connectivity index (χ4v) is 1.79. The van der Waals surface area contributed by atoms with Crippen LogP contribution in [0.4, 0.5) is 10.1 Å². The molecule has 0 aromatic heterocycles. The highest BCUT2D eigenvalue weighted by molar-refractivity contribution is 5.95. The Morgan fingerprint density at radius 2 is 2.05 bits per heavy atom. The second-order valence-electron chi connectivity index (χ2n) is 4.81. The lowest BCUT2D eigenvalue weighted by Gasteiger charge is -2.20. The Kier molecular flexibility index (Phi) is 4.96. The quantitative estimate of drug-likeness (QED) is 0.660. The summed E-state index contributed by atoms with van der Waals surface area (Å²) in [5.74, 6) is -3.57. The Bertz CT molecular complexity index is 602. The summed E-state index contributed by atoms with van der Waals surface area (Å²) in [4.78, 5) is 33.9. The average Bonchev–Trinajstić information content (AvgIpc) is 2.40. The van der Waals surface area contributed by atoms with Crippen LogP contribution in [0.5, 0.6) is 0 Å². The summed E-state index contributed by atoms with van der Waals surface area (Å²) in [5.41, 5.74) is -0.856. The predicted octanol–water partition coefficient (Wildman–Crippen LogP) is 1.84. The van der Waals surface area contributed by atoms with Crippen LogP contribution in [-0.2, 0) is 4.79 Å². The van der Waals surface area contributed by atoms with E-state index >= 15 is 0 Å². The first-order valence-corrected chi connectivity index (χ1v) is 6.08. The number of amides is 1. The van der Waals surface area contributed by atoms with Gasteiger partial charge in [0, 0.05) is 25.7 Å². The smallest absolute Gasteiger partial charge is 0.308 e. The lowest BCUT2D eigenvalue weighted by atomic mass is 10.1. The number of carboxylic acids is 1. The van der Waals surface area contributed by atoms with E-state index in [0.717, 1.165) is 17.0 Å². The molecule has 8 heteroatoms. The number of carbonyl (C=O) groups excluding carboxylic acids is 1. The van der Waals surface area contributed by atoms with Crippen molar-refractivity contribution in [2.75, 3.05) is 13.6 Å². The molecule has 114 valence electrons. The van der Waals surface area contributed by atoms with E-state index in [-0.39, 0.29) is 12.1 Å². The molecule has 7 nitrogen and oxygen atoms in total. The van der Waals surface area contributed by atoms with E-state index in [0.29, 0.717) is 0 Å². The maximum atomic E-state index is 14.0. The molecule has 1 aromatic rings. The zero-order valence-corrected chi connectivity index (χ0v) is 11.8.